The van der Waals surface area contributed by atoms with Crippen LogP contribution in [0.3, 0.4) is 0 Å². The van der Waals surface area contributed by atoms with Crippen molar-refractivity contribution in [1.82, 2.24) is 0 Å². The van der Waals surface area contributed by atoms with E-state index in [-0.39, 0.29) is 11.3 Å². The molecule has 3 rings (SSSR count). The minimum Gasteiger partial charge on any atom is -0.422 e. The summed E-state index contributed by atoms with van der Waals surface area (Å²) in [6.07, 6.45) is 0. The second-order valence-electron chi connectivity index (χ2n) is 4.44. The van der Waals surface area contributed by atoms with E-state index in [0.29, 0.717) is 16.0 Å². The number of fused-ring (bicyclic) bond motifs is 1. The average Bonchev–Trinajstić information content (AvgIpc) is 2.53. The lowest BCUT2D eigenvalue weighted by molar-refractivity contribution is 0.0851. The van der Waals surface area contributed by atoms with Crippen LogP contribution in [0.4, 0.5) is 5.69 Å². The molecular weight excluding hydrogens is 270 g/mol. The molecule has 21 heavy (non-hydrogen) atoms. The van der Waals surface area contributed by atoms with Crippen molar-refractivity contribution in [3.63, 3.8) is 0 Å². The predicted octanol–water partition coefficient (Wildman–Crippen LogP) is 2.83. The van der Waals surface area contributed by atoms with E-state index in [9.17, 15) is 14.8 Å². The highest BCUT2D eigenvalue weighted by Crippen LogP contribution is 2.16. The Kier molecular flexibility index (Phi) is 3.25. The number of benzene rings is 2. The summed E-state index contributed by atoms with van der Waals surface area (Å²) in [5, 5.41) is 11.0. The van der Waals surface area contributed by atoms with Crippen molar-refractivity contribution in [2.24, 2.45) is 0 Å². The third-order valence-corrected chi connectivity index (χ3v) is 3.06. The van der Waals surface area contributed by atoms with E-state index in [1.165, 1.54) is 6.07 Å². The second kappa shape index (κ2) is 5.22. The maximum Gasteiger partial charge on any atom is 0.349 e. The Morgan fingerprint density at radius 1 is 1.00 bits per heavy atom. The van der Waals surface area contributed by atoms with Gasteiger partial charge in [-0.2, -0.15) is 5.06 Å². The van der Waals surface area contributed by atoms with Crippen molar-refractivity contribution in [1.29, 1.82) is 0 Å². The Morgan fingerprint density at radius 2 is 1.67 bits per heavy atom. The molecule has 0 atom stereocenters. The number of rotatable bonds is 2. The molecule has 104 valence electrons. The van der Waals surface area contributed by atoms with Crippen LogP contribution in [-0.2, 0) is 0 Å². The molecule has 0 spiro atoms. The molecule has 0 unspecified atom stereocenters. The molecule has 2 aromatic carbocycles. The highest BCUT2D eigenvalue weighted by Gasteiger charge is 2.20. The zero-order valence-corrected chi connectivity index (χ0v) is 10.9. The minimum absolute atomic E-state index is 0.222. The topological polar surface area (TPSA) is 70.8 Å². The van der Waals surface area contributed by atoms with Crippen LogP contribution in [0.25, 0.3) is 11.0 Å². The Balaban J connectivity index is 2.06. The molecule has 1 aromatic heterocycles. The predicted molar refractivity (Wildman–Crippen MR) is 77.5 cm³/mol. The van der Waals surface area contributed by atoms with E-state index in [0.717, 1.165) is 0 Å². The smallest absolute Gasteiger partial charge is 0.349 e. The van der Waals surface area contributed by atoms with Gasteiger partial charge in [-0.15, -0.1) is 0 Å². The Bertz CT molecular complexity index is 855. The Labute approximate surface area is 119 Å². The largest absolute Gasteiger partial charge is 0.422 e. The van der Waals surface area contributed by atoms with Gasteiger partial charge in [0.15, 0.2) is 0 Å². The monoisotopic (exact) mass is 281 g/mol. The number of hydroxylamine groups is 1. The summed E-state index contributed by atoms with van der Waals surface area (Å²) >= 11 is 0. The summed E-state index contributed by atoms with van der Waals surface area (Å²) in [7, 11) is 0. The first-order chi connectivity index (χ1) is 10.2. The van der Waals surface area contributed by atoms with Crippen molar-refractivity contribution in [2.75, 3.05) is 5.06 Å². The van der Waals surface area contributed by atoms with Gasteiger partial charge in [0.2, 0.25) is 0 Å². The van der Waals surface area contributed by atoms with E-state index >= 15 is 0 Å². The van der Waals surface area contributed by atoms with E-state index in [1.54, 1.807) is 54.6 Å². The molecule has 0 aliphatic rings. The van der Waals surface area contributed by atoms with Crippen molar-refractivity contribution < 1.29 is 14.4 Å². The molecule has 5 heteroatoms. The first kappa shape index (κ1) is 13.1. The van der Waals surface area contributed by atoms with E-state index in [2.05, 4.69) is 0 Å². The van der Waals surface area contributed by atoms with Crippen LogP contribution in [0.5, 0.6) is 0 Å². The van der Waals surface area contributed by atoms with Gasteiger partial charge in [-0.1, -0.05) is 36.4 Å². The minimum atomic E-state index is -0.833. The maximum absolute atomic E-state index is 12.2. The Morgan fingerprint density at radius 3 is 2.43 bits per heavy atom. The van der Waals surface area contributed by atoms with Crippen molar-refractivity contribution in [2.45, 2.75) is 0 Å². The van der Waals surface area contributed by atoms with Gasteiger partial charge in [0, 0.05) is 5.39 Å². The number of nitrogens with zero attached hydrogens (tertiary/aromatic N) is 1. The normalized spacial score (nSPS) is 10.5. The molecule has 1 heterocycles. The molecule has 0 saturated heterocycles. The first-order valence-electron chi connectivity index (χ1n) is 6.28. The van der Waals surface area contributed by atoms with Gasteiger partial charge in [-0.3, -0.25) is 10.0 Å². The molecule has 0 saturated carbocycles. The van der Waals surface area contributed by atoms with Gasteiger partial charge in [0.05, 0.1) is 5.69 Å². The number of carbonyl (C=O) groups excluding carboxylic acids is 1. The second-order valence-corrected chi connectivity index (χ2v) is 4.44. The summed E-state index contributed by atoms with van der Waals surface area (Å²) < 4.78 is 5.09. The van der Waals surface area contributed by atoms with Crippen molar-refractivity contribution in [3.05, 3.63) is 76.6 Å². The van der Waals surface area contributed by atoms with Crippen molar-refractivity contribution >= 4 is 22.6 Å². The first-order valence-corrected chi connectivity index (χ1v) is 6.28. The van der Waals surface area contributed by atoms with Crippen LogP contribution in [0.15, 0.2) is 69.9 Å². The molecule has 0 fully saturated rings. The number of hydrogen-bond donors (Lipinski definition) is 1. The van der Waals surface area contributed by atoms with Gasteiger partial charge in [-0.25, -0.2) is 4.79 Å². The van der Waals surface area contributed by atoms with Gasteiger partial charge < -0.3 is 4.42 Å². The molecule has 5 nitrogen and oxygen atoms in total. The fraction of sp³-hybridized carbons (Fsp3) is 0. The van der Waals surface area contributed by atoms with Crippen LogP contribution in [0.2, 0.25) is 0 Å². The lowest BCUT2D eigenvalue weighted by Crippen LogP contribution is -2.31. The van der Waals surface area contributed by atoms with Gasteiger partial charge in [0.25, 0.3) is 5.91 Å². The quantitative estimate of drug-likeness (QED) is 0.445. The number of hydrogen-bond acceptors (Lipinski definition) is 4. The van der Waals surface area contributed by atoms with E-state index in [1.807, 2.05) is 0 Å². The molecule has 0 radical (unpaired) electrons. The lowest BCUT2D eigenvalue weighted by Gasteiger charge is -2.14. The molecule has 0 aliphatic heterocycles. The third kappa shape index (κ3) is 2.42. The number of anilines is 1. The van der Waals surface area contributed by atoms with Crippen LogP contribution in [-0.4, -0.2) is 11.1 Å². The van der Waals surface area contributed by atoms with Crippen LogP contribution in [0, 0.1) is 0 Å². The lowest BCUT2D eigenvalue weighted by atomic mass is 10.1. The fourth-order valence-corrected chi connectivity index (χ4v) is 2.01. The maximum atomic E-state index is 12.2. The average molecular weight is 281 g/mol. The highest BCUT2D eigenvalue weighted by molar-refractivity contribution is 6.05. The van der Waals surface area contributed by atoms with Gasteiger partial charge in [0.1, 0.15) is 11.1 Å². The van der Waals surface area contributed by atoms with Crippen LogP contribution < -0.4 is 10.7 Å². The highest BCUT2D eigenvalue weighted by atomic mass is 16.5. The number of carbonyl (C=O) groups is 1. The number of para-hydroxylation sites is 2. The standard InChI is InChI=1S/C16H11NO4/c18-15(17(20)12-7-2-1-3-8-12)13-10-11-6-4-5-9-14(11)21-16(13)19/h1-10,20H. The molecular formula is C16H11NO4. The zero-order chi connectivity index (χ0) is 14.8. The summed E-state index contributed by atoms with van der Waals surface area (Å²) in [6.45, 7) is 0. The molecule has 3 aromatic rings. The summed E-state index contributed by atoms with van der Waals surface area (Å²) in [6, 6.07) is 16.5. The fourth-order valence-electron chi connectivity index (χ4n) is 2.01. The van der Waals surface area contributed by atoms with Crippen LogP contribution in [0.1, 0.15) is 10.4 Å². The number of amides is 1. The molecule has 1 N–H and O–H groups in total. The van der Waals surface area contributed by atoms with Crippen molar-refractivity contribution in [3.8, 4) is 0 Å². The summed E-state index contributed by atoms with van der Waals surface area (Å²) in [5.41, 5.74) is -0.341. The van der Waals surface area contributed by atoms with E-state index in [4.69, 9.17) is 4.42 Å². The summed E-state index contributed by atoms with van der Waals surface area (Å²) in [4.78, 5) is 24.1. The molecule has 1 amide bonds. The summed E-state index contributed by atoms with van der Waals surface area (Å²) in [5.74, 6) is -0.833. The van der Waals surface area contributed by atoms with Crippen LogP contribution >= 0.6 is 0 Å². The molecule has 0 bridgehead atoms. The van der Waals surface area contributed by atoms with Gasteiger partial charge >= 0.3 is 5.63 Å². The van der Waals surface area contributed by atoms with E-state index < -0.39 is 11.5 Å². The zero-order valence-electron chi connectivity index (χ0n) is 10.9. The third-order valence-electron chi connectivity index (χ3n) is 3.06. The molecule has 0 aliphatic carbocycles. The van der Waals surface area contributed by atoms with Gasteiger partial charge in [-0.05, 0) is 24.3 Å². The SMILES string of the molecule is O=C(c1cc2ccccc2oc1=O)N(O)c1ccccc1. The Hall–Kier alpha value is -2.92.